The molecule has 0 unspecified atom stereocenters. The Morgan fingerprint density at radius 3 is 2.95 bits per heavy atom. The van der Waals surface area contributed by atoms with Gasteiger partial charge in [0.25, 0.3) is 11.6 Å². The standard InChI is InChI=1S/C14H17N3O4/c1-9-3-2-6-16(8-9)14(19)11-7-10(17(20)21)4-5-12(11)15-13(14)18/h4-5,7,9,19H,2-3,6,8H2,1H3,(H,15,18)/t9-,14+/m1/s1. The van der Waals surface area contributed by atoms with Crippen molar-refractivity contribution in [2.45, 2.75) is 25.5 Å². The molecule has 0 saturated carbocycles. The van der Waals surface area contributed by atoms with Crippen molar-refractivity contribution in [3.05, 3.63) is 33.9 Å². The molecule has 0 bridgehead atoms. The summed E-state index contributed by atoms with van der Waals surface area (Å²) in [5.41, 5.74) is -1.23. The molecule has 3 rings (SSSR count). The molecule has 112 valence electrons. The normalized spacial score (nSPS) is 29.0. The van der Waals surface area contributed by atoms with E-state index < -0.39 is 16.6 Å². The third-order valence-electron chi connectivity index (χ3n) is 4.27. The number of aliphatic hydroxyl groups is 1. The van der Waals surface area contributed by atoms with E-state index in [-0.39, 0.29) is 11.3 Å². The van der Waals surface area contributed by atoms with E-state index >= 15 is 0 Å². The van der Waals surface area contributed by atoms with Gasteiger partial charge in [-0.25, -0.2) is 0 Å². The van der Waals surface area contributed by atoms with Crippen molar-refractivity contribution in [1.82, 2.24) is 4.90 Å². The lowest BCUT2D eigenvalue weighted by molar-refractivity contribution is -0.385. The molecule has 1 aromatic carbocycles. The number of non-ortho nitro benzene ring substituents is 1. The molecule has 21 heavy (non-hydrogen) atoms. The van der Waals surface area contributed by atoms with Crippen molar-refractivity contribution in [3.63, 3.8) is 0 Å². The van der Waals surface area contributed by atoms with Crippen LogP contribution in [0.25, 0.3) is 0 Å². The first-order chi connectivity index (χ1) is 9.92. The van der Waals surface area contributed by atoms with Crippen LogP contribution >= 0.6 is 0 Å². The van der Waals surface area contributed by atoms with E-state index in [0.717, 1.165) is 12.8 Å². The molecule has 2 aliphatic heterocycles. The summed E-state index contributed by atoms with van der Waals surface area (Å²) in [5.74, 6) is -0.162. The Balaban J connectivity index is 2.05. The van der Waals surface area contributed by atoms with Gasteiger partial charge < -0.3 is 10.4 Å². The highest BCUT2D eigenvalue weighted by Gasteiger charge is 2.51. The molecular formula is C14H17N3O4. The van der Waals surface area contributed by atoms with Crippen molar-refractivity contribution in [2.24, 2.45) is 5.92 Å². The van der Waals surface area contributed by atoms with Crippen LogP contribution in [0.1, 0.15) is 25.3 Å². The number of hydrogen-bond donors (Lipinski definition) is 2. The van der Waals surface area contributed by atoms with Crippen molar-refractivity contribution in [1.29, 1.82) is 0 Å². The number of nitrogens with one attached hydrogen (secondary N) is 1. The highest BCUT2D eigenvalue weighted by molar-refractivity contribution is 6.04. The first-order valence-corrected chi connectivity index (χ1v) is 7.00. The summed E-state index contributed by atoms with van der Waals surface area (Å²) < 4.78 is 0. The minimum atomic E-state index is -1.81. The summed E-state index contributed by atoms with van der Waals surface area (Å²) in [6, 6.07) is 4.08. The number of piperidine rings is 1. The number of benzene rings is 1. The highest BCUT2D eigenvalue weighted by atomic mass is 16.6. The SMILES string of the molecule is C[C@@H]1CCCN([C@@]2(O)C(=O)Nc3ccc([N+](=O)[O-])cc32)C1. The molecule has 2 N–H and O–H groups in total. The Hall–Kier alpha value is -1.99. The molecule has 7 heteroatoms. The summed E-state index contributed by atoms with van der Waals surface area (Å²) >= 11 is 0. The lowest BCUT2D eigenvalue weighted by Crippen LogP contribution is -2.54. The Labute approximate surface area is 121 Å². The number of amides is 1. The Morgan fingerprint density at radius 1 is 1.52 bits per heavy atom. The quantitative estimate of drug-likeness (QED) is 0.634. The van der Waals surface area contributed by atoms with E-state index in [9.17, 15) is 20.0 Å². The number of nitro benzene ring substituents is 1. The third-order valence-corrected chi connectivity index (χ3v) is 4.27. The maximum absolute atomic E-state index is 12.3. The van der Waals surface area contributed by atoms with Gasteiger partial charge in [-0.1, -0.05) is 6.92 Å². The molecule has 7 nitrogen and oxygen atoms in total. The van der Waals surface area contributed by atoms with E-state index in [2.05, 4.69) is 12.2 Å². The van der Waals surface area contributed by atoms with Crippen LogP contribution in [0.3, 0.4) is 0 Å². The van der Waals surface area contributed by atoms with Crippen molar-refractivity contribution < 1.29 is 14.8 Å². The molecule has 2 aliphatic rings. The molecule has 2 heterocycles. The number of fused-ring (bicyclic) bond motifs is 1. The van der Waals surface area contributed by atoms with E-state index in [0.29, 0.717) is 24.7 Å². The van der Waals surface area contributed by atoms with Gasteiger partial charge in [0.05, 0.1) is 4.92 Å². The molecule has 1 fully saturated rings. The number of carbonyl (C=O) groups excluding carboxylic acids is 1. The van der Waals surface area contributed by atoms with Crippen LogP contribution in [0.5, 0.6) is 0 Å². The fourth-order valence-corrected chi connectivity index (χ4v) is 3.17. The summed E-state index contributed by atoms with van der Waals surface area (Å²) in [6.45, 7) is 3.25. The number of nitro groups is 1. The van der Waals surface area contributed by atoms with Gasteiger partial charge in [0, 0.05) is 36.5 Å². The van der Waals surface area contributed by atoms with Crippen LogP contribution in [0, 0.1) is 16.0 Å². The first kappa shape index (κ1) is 14.0. The van der Waals surface area contributed by atoms with Gasteiger partial charge in [-0.3, -0.25) is 19.8 Å². The van der Waals surface area contributed by atoms with E-state index in [1.54, 1.807) is 4.90 Å². The van der Waals surface area contributed by atoms with Gasteiger partial charge in [0.2, 0.25) is 5.72 Å². The molecule has 2 atom stereocenters. The third kappa shape index (κ3) is 2.09. The number of hydrogen-bond acceptors (Lipinski definition) is 5. The molecular weight excluding hydrogens is 274 g/mol. The van der Waals surface area contributed by atoms with Crippen LogP contribution in [0.15, 0.2) is 18.2 Å². The summed E-state index contributed by atoms with van der Waals surface area (Å²) in [4.78, 5) is 24.4. The van der Waals surface area contributed by atoms with Gasteiger partial charge in [-0.05, 0) is 24.8 Å². The minimum absolute atomic E-state index is 0.131. The maximum Gasteiger partial charge on any atom is 0.276 e. The molecule has 0 radical (unpaired) electrons. The Kier molecular flexibility index (Phi) is 3.18. The van der Waals surface area contributed by atoms with E-state index in [1.807, 2.05) is 0 Å². The van der Waals surface area contributed by atoms with E-state index in [1.165, 1.54) is 18.2 Å². The number of anilines is 1. The topological polar surface area (TPSA) is 95.7 Å². The van der Waals surface area contributed by atoms with Crippen LogP contribution in [0.4, 0.5) is 11.4 Å². The van der Waals surface area contributed by atoms with Gasteiger partial charge >= 0.3 is 0 Å². The van der Waals surface area contributed by atoms with Crippen molar-refractivity contribution >= 4 is 17.3 Å². The van der Waals surface area contributed by atoms with Gasteiger partial charge in [-0.15, -0.1) is 0 Å². The highest BCUT2D eigenvalue weighted by Crippen LogP contribution is 2.41. The average Bonchev–Trinajstić information content (AvgIpc) is 2.71. The number of rotatable bonds is 2. The summed E-state index contributed by atoms with van der Waals surface area (Å²) in [7, 11) is 0. The fraction of sp³-hybridized carbons (Fsp3) is 0.500. The Morgan fingerprint density at radius 2 is 2.29 bits per heavy atom. The lowest BCUT2D eigenvalue weighted by atomic mass is 9.94. The zero-order valence-corrected chi connectivity index (χ0v) is 11.7. The monoisotopic (exact) mass is 291 g/mol. The fourth-order valence-electron chi connectivity index (χ4n) is 3.17. The zero-order chi connectivity index (χ0) is 15.2. The molecule has 1 aromatic rings. The minimum Gasteiger partial charge on any atom is -0.364 e. The van der Waals surface area contributed by atoms with E-state index in [4.69, 9.17) is 0 Å². The summed E-state index contributed by atoms with van der Waals surface area (Å²) in [5, 5.41) is 24.5. The molecule has 1 saturated heterocycles. The van der Waals surface area contributed by atoms with Crippen LogP contribution in [0.2, 0.25) is 0 Å². The molecule has 0 aromatic heterocycles. The lowest BCUT2D eigenvalue weighted by Gasteiger charge is -2.39. The van der Waals surface area contributed by atoms with Gasteiger partial charge in [0.15, 0.2) is 0 Å². The van der Waals surface area contributed by atoms with Gasteiger partial charge in [-0.2, -0.15) is 0 Å². The zero-order valence-electron chi connectivity index (χ0n) is 11.7. The average molecular weight is 291 g/mol. The molecule has 0 spiro atoms. The first-order valence-electron chi connectivity index (χ1n) is 7.00. The second-order valence-electron chi connectivity index (χ2n) is 5.81. The second-order valence-corrected chi connectivity index (χ2v) is 5.81. The predicted octanol–water partition coefficient (Wildman–Crippen LogP) is 1.42. The Bertz CT molecular complexity index is 618. The molecule has 0 aliphatic carbocycles. The number of carbonyl (C=O) groups is 1. The van der Waals surface area contributed by atoms with Crippen LogP contribution in [-0.2, 0) is 10.5 Å². The number of nitrogens with zero attached hydrogens (tertiary/aromatic N) is 2. The van der Waals surface area contributed by atoms with Crippen LogP contribution in [-0.4, -0.2) is 33.9 Å². The number of likely N-dealkylation sites (tertiary alicyclic amines) is 1. The molecule has 1 amide bonds. The summed E-state index contributed by atoms with van der Waals surface area (Å²) in [6.07, 6.45) is 1.94. The van der Waals surface area contributed by atoms with Crippen LogP contribution < -0.4 is 5.32 Å². The second kappa shape index (κ2) is 4.78. The smallest absolute Gasteiger partial charge is 0.276 e. The van der Waals surface area contributed by atoms with Crippen molar-refractivity contribution in [2.75, 3.05) is 18.4 Å². The largest absolute Gasteiger partial charge is 0.364 e. The van der Waals surface area contributed by atoms with Gasteiger partial charge in [0.1, 0.15) is 0 Å². The van der Waals surface area contributed by atoms with Crippen molar-refractivity contribution in [3.8, 4) is 0 Å². The maximum atomic E-state index is 12.3. The predicted molar refractivity (Wildman–Crippen MR) is 75.6 cm³/mol.